The van der Waals surface area contributed by atoms with Gasteiger partial charge in [-0.05, 0) is 24.2 Å². The maximum absolute atomic E-state index is 3.20. The van der Waals surface area contributed by atoms with Crippen molar-refractivity contribution in [2.75, 3.05) is 12.3 Å². The van der Waals surface area contributed by atoms with Gasteiger partial charge in [-0.25, -0.2) is 0 Å². The van der Waals surface area contributed by atoms with Gasteiger partial charge in [0.05, 0.1) is 0 Å². The Bertz CT molecular complexity index is 152. The molecule has 0 saturated carbocycles. The molecule has 0 aromatic carbocycles. The van der Waals surface area contributed by atoms with Gasteiger partial charge >= 0.3 is 0 Å². The van der Waals surface area contributed by atoms with Crippen LogP contribution < -0.4 is 0 Å². The van der Waals surface area contributed by atoms with Crippen molar-refractivity contribution in [2.45, 2.75) is 79.1 Å². The Kier molecular flexibility index (Phi) is 13.5. The summed E-state index contributed by atoms with van der Waals surface area (Å²) in [6, 6.07) is 0. The Balaban J connectivity index is 3.92. The Labute approximate surface area is 120 Å². The fraction of sp³-hybridized carbons (Fsp3) is 1.00. The molecule has 0 aromatic heterocycles. The van der Waals surface area contributed by atoms with E-state index >= 15 is 0 Å². The minimum Gasteiger partial charge on any atom is -0.111 e. The summed E-state index contributed by atoms with van der Waals surface area (Å²) < 4.78 is 0. The smallest absolute Gasteiger partial charge is 0.0263 e. The zero-order chi connectivity index (χ0) is 13.8. The van der Waals surface area contributed by atoms with Crippen molar-refractivity contribution in [3.05, 3.63) is 0 Å². The molecule has 0 heterocycles. The van der Waals surface area contributed by atoms with Crippen LogP contribution in [-0.4, -0.2) is 12.3 Å². The molecule has 0 aliphatic heterocycles. The quantitative estimate of drug-likeness (QED) is 0.351. The normalized spacial score (nSPS) is 16.5. The predicted molar refractivity (Wildman–Crippen MR) is 93.0 cm³/mol. The zero-order valence-electron chi connectivity index (χ0n) is 13.3. The molecular weight excluding hydrogens is 254 g/mol. The molecule has 3 unspecified atom stereocenters. The molecule has 2 heteroatoms. The van der Waals surface area contributed by atoms with E-state index in [2.05, 4.69) is 36.6 Å². The third-order valence-electron chi connectivity index (χ3n) is 4.07. The van der Waals surface area contributed by atoms with Gasteiger partial charge in [0.15, 0.2) is 0 Å². The van der Waals surface area contributed by atoms with E-state index in [1.54, 1.807) is 0 Å². The molecule has 0 rings (SSSR count). The van der Waals surface area contributed by atoms with Gasteiger partial charge in [-0.15, -0.1) is 8.93 Å². The van der Waals surface area contributed by atoms with E-state index in [1.165, 1.54) is 63.7 Å². The maximum Gasteiger partial charge on any atom is -0.0263 e. The van der Waals surface area contributed by atoms with Crippen LogP contribution in [0.25, 0.3) is 0 Å². The first-order valence-electron chi connectivity index (χ1n) is 8.17. The molecular formula is C16H36P2. The molecule has 0 aliphatic carbocycles. The molecule has 0 aliphatic rings. The fourth-order valence-electron chi connectivity index (χ4n) is 2.57. The average molecular weight is 290 g/mol. The Morgan fingerprint density at radius 3 is 1.44 bits per heavy atom. The molecule has 0 radical (unpaired) electrons. The van der Waals surface area contributed by atoms with Gasteiger partial charge < -0.3 is 0 Å². The SMILES string of the molecule is CCCCC(CC)CP(P)CC(CC)CCCC. The van der Waals surface area contributed by atoms with E-state index in [0.29, 0.717) is 0 Å². The van der Waals surface area contributed by atoms with E-state index < -0.39 is 0 Å². The largest absolute Gasteiger partial charge is 0.111 e. The molecule has 0 bridgehead atoms. The lowest BCUT2D eigenvalue weighted by atomic mass is 10.0. The van der Waals surface area contributed by atoms with Crippen molar-refractivity contribution in [3.63, 3.8) is 0 Å². The van der Waals surface area contributed by atoms with Crippen LogP contribution in [0.4, 0.5) is 0 Å². The molecule has 0 saturated heterocycles. The van der Waals surface area contributed by atoms with Gasteiger partial charge in [0.1, 0.15) is 0 Å². The van der Waals surface area contributed by atoms with Crippen LogP contribution in [0.3, 0.4) is 0 Å². The van der Waals surface area contributed by atoms with E-state index in [0.717, 1.165) is 11.8 Å². The van der Waals surface area contributed by atoms with Crippen molar-refractivity contribution < 1.29 is 0 Å². The lowest BCUT2D eigenvalue weighted by Crippen LogP contribution is -2.08. The van der Waals surface area contributed by atoms with E-state index in [-0.39, 0.29) is 7.61 Å². The van der Waals surface area contributed by atoms with Crippen molar-refractivity contribution in [3.8, 4) is 0 Å². The van der Waals surface area contributed by atoms with Crippen LogP contribution >= 0.6 is 16.5 Å². The first-order chi connectivity index (χ1) is 8.67. The highest BCUT2D eigenvalue weighted by molar-refractivity contribution is 8.13. The lowest BCUT2D eigenvalue weighted by Gasteiger charge is -2.24. The van der Waals surface area contributed by atoms with E-state index in [1.807, 2.05) is 0 Å². The highest BCUT2D eigenvalue weighted by Crippen LogP contribution is 2.49. The number of hydrogen-bond donors (Lipinski definition) is 0. The predicted octanol–water partition coefficient (Wildman–Crippen LogP) is 6.69. The summed E-state index contributed by atoms with van der Waals surface area (Å²) >= 11 is 0. The highest BCUT2D eigenvalue weighted by Gasteiger charge is 2.15. The molecule has 0 N–H and O–H groups in total. The minimum absolute atomic E-state index is 0.213. The number of unbranched alkanes of at least 4 members (excludes halogenated alkanes) is 2. The second-order valence-electron chi connectivity index (χ2n) is 5.79. The van der Waals surface area contributed by atoms with Gasteiger partial charge in [-0.2, -0.15) is 0 Å². The topological polar surface area (TPSA) is 0 Å². The first-order valence-corrected chi connectivity index (χ1v) is 11.5. The van der Waals surface area contributed by atoms with Crippen LogP contribution in [0.15, 0.2) is 0 Å². The zero-order valence-corrected chi connectivity index (χ0v) is 15.3. The second-order valence-corrected chi connectivity index (χ2v) is 9.89. The molecule has 0 aromatic rings. The van der Waals surface area contributed by atoms with Crippen LogP contribution in [0.2, 0.25) is 0 Å². The van der Waals surface area contributed by atoms with Crippen LogP contribution in [0.1, 0.15) is 79.1 Å². The van der Waals surface area contributed by atoms with E-state index in [4.69, 9.17) is 0 Å². The van der Waals surface area contributed by atoms with Gasteiger partial charge in [0.25, 0.3) is 0 Å². The number of rotatable bonds is 12. The molecule has 18 heavy (non-hydrogen) atoms. The van der Waals surface area contributed by atoms with Crippen molar-refractivity contribution in [1.29, 1.82) is 0 Å². The molecule has 0 fully saturated rings. The molecule has 0 amide bonds. The molecule has 3 atom stereocenters. The van der Waals surface area contributed by atoms with Gasteiger partial charge in [-0.3, -0.25) is 0 Å². The second kappa shape index (κ2) is 12.9. The minimum atomic E-state index is 0.213. The van der Waals surface area contributed by atoms with Gasteiger partial charge in [-0.1, -0.05) is 86.7 Å². The van der Waals surface area contributed by atoms with Gasteiger partial charge in [0.2, 0.25) is 0 Å². The maximum atomic E-state index is 3.20. The van der Waals surface area contributed by atoms with Crippen LogP contribution in [0, 0.1) is 11.8 Å². The standard InChI is InChI=1S/C16H36P2/c1-5-9-11-15(7-3)13-18(17)14-16(8-4)12-10-6-2/h15-16H,5-14,17H2,1-4H3. The fourth-order valence-corrected chi connectivity index (χ4v) is 6.72. The lowest BCUT2D eigenvalue weighted by molar-refractivity contribution is 0.486. The average Bonchev–Trinajstić information content (AvgIpc) is 2.39. The Morgan fingerprint density at radius 2 is 1.17 bits per heavy atom. The monoisotopic (exact) mass is 290 g/mol. The van der Waals surface area contributed by atoms with Crippen LogP contribution in [0.5, 0.6) is 0 Å². The van der Waals surface area contributed by atoms with Crippen molar-refractivity contribution >= 4 is 16.5 Å². The summed E-state index contributed by atoms with van der Waals surface area (Å²) in [6.45, 7) is 9.38. The summed E-state index contributed by atoms with van der Waals surface area (Å²) in [4.78, 5) is 0. The number of hydrogen-bond acceptors (Lipinski definition) is 0. The van der Waals surface area contributed by atoms with Crippen molar-refractivity contribution in [2.24, 2.45) is 11.8 Å². The van der Waals surface area contributed by atoms with Gasteiger partial charge in [0, 0.05) is 0 Å². The van der Waals surface area contributed by atoms with E-state index in [9.17, 15) is 0 Å². The third kappa shape index (κ3) is 9.75. The van der Waals surface area contributed by atoms with Crippen LogP contribution in [-0.2, 0) is 0 Å². The van der Waals surface area contributed by atoms with Crippen molar-refractivity contribution in [1.82, 2.24) is 0 Å². The summed E-state index contributed by atoms with van der Waals surface area (Å²) in [5.74, 6) is 1.99. The molecule has 0 spiro atoms. The Hall–Kier alpha value is 0.860. The first kappa shape index (κ1) is 18.9. The highest BCUT2D eigenvalue weighted by atomic mass is 32.0. The summed E-state index contributed by atoms with van der Waals surface area (Å²) in [6.07, 6.45) is 14.3. The molecule has 0 nitrogen and oxygen atoms in total. The summed E-state index contributed by atoms with van der Waals surface area (Å²) in [5, 5.41) is 0. The summed E-state index contributed by atoms with van der Waals surface area (Å²) in [5.41, 5.74) is 0. The Morgan fingerprint density at radius 1 is 0.778 bits per heavy atom. The third-order valence-corrected chi connectivity index (χ3v) is 7.31. The summed E-state index contributed by atoms with van der Waals surface area (Å²) in [7, 11) is 3.41. The molecule has 110 valence electrons.